The molecule has 0 amide bonds. The van der Waals surface area contributed by atoms with Gasteiger partial charge in [-0.2, -0.15) is 10.3 Å². The highest BCUT2D eigenvalue weighted by molar-refractivity contribution is 5.73. The van der Waals surface area contributed by atoms with E-state index < -0.39 is 35.1 Å². The second kappa shape index (κ2) is 8.82. The second-order valence-electron chi connectivity index (χ2n) is 5.43. The standard InChI is InChI=1S/2C7H10N2O4/c2*1-3-4(6(10)9-13-3)2-5(8)7(11)12/h2*5H,2,8H2,1H3,(H,9,10)(H,11,12)/t2*5-/m00/s1. The van der Waals surface area contributed by atoms with E-state index in [1.54, 1.807) is 13.8 Å². The molecule has 0 bridgehead atoms. The van der Waals surface area contributed by atoms with Crippen LogP contribution in [0.4, 0.5) is 0 Å². The number of aromatic amines is 2. The van der Waals surface area contributed by atoms with Crippen LogP contribution < -0.4 is 22.6 Å². The summed E-state index contributed by atoms with van der Waals surface area (Å²) < 4.78 is 9.38. The smallest absolute Gasteiger partial charge is 0.320 e. The van der Waals surface area contributed by atoms with Gasteiger partial charge in [-0.05, 0) is 13.8 Å². The van der Waals surface area contributed by atoms with Crippen LogP contribution in [-0.4, -0.2) is 44.5 Å². The number of nitrogens with one attached hydrogen (secondary N) is 2. The molecule has 0 aliphatic rings. The fraction of sp³-hybridized carbons (Fsp3) is 0.429. The minimum absolute atomic E-state index is 0.0208. The van der Waals surface area contributed by atoms with Gasteiger partial charge in [-0.1, -0.05) is 0 Å². The first-order chi connectivity index (χ1) is 12.0. The highest BCUT2D eigenvalue weighted by atomic mass is 16.5. The van der Waals surface area contributed by atoms with Crippen LogP contribution in [0.2, 0.25) is 0 Å². The van der Waals surface area contributed by atoms with E-state index in [0.29, 0.717) is 11.5 Å². The van der Waals surface area contributed by atoms with Crippen molar-refractivity contribution in [2.75, 3.05) is 0 Å². The number of hydrogen-bond acceptors (Lipinski definition) is 8. The Kier molecular flexibility index (Phi) is 7.10. The molecular weight excluding hydrogens is 352 g/mol. The highest BCUT2D eigenvalue weighted by Crippen LogP contribution is 2.04. The summed E-state index contributed by atoms with van der Waals surface area (Å²) in [4.78, 5) is 42.8. The average Bonchev–Trinajstić information content (AvgIpc) is 3.05. The Labute approximate surface area is 145 Å². The summed E-state index contributed by atoms with van der Waals surface area (Å²) in [5, 5.41) is 21.2. The lowest BCUT2D eigenvalue weighted by Crippen LogP contribution is -2.33. The molecular formula is C14H20N4O8. The Bertz CT molecular complexity index is 802. The molecule has 26 heavy (non-hydrogen) atoms. The van der Waals surface area contributed by atoms with E-state index in [9.17, 15) is 19.2 Å². The molecule has 0 aliphatic heterocycles. The Morgan fingerprint density at radius 2 is 1.19 bits per heavy atom. The number of aromatic nitrogens is 2. The van der Waals surface area contributed by atoms with E-state index in [0.717, 1.165) is 0 Å². The van der Waals surface area contributed by atoms with E-state index in [1.807, 2.05) is 0 Å². The zero-order chi connectivity index (χ0) is 20.0. The van der Waals surface area contributed by atoms with Crippen molar-refractivity contribution in [2.45, 2.75) is 38.8 Å². The van der Waals surface area contributed by atoms with Gasteiger partial charge in [0, 0.05) is 12.8 Å². The zero-order valence-corrected chi connectivity index (χ0v) is 14.1. The fourth-order valence-electron chi connectivity index (χ4n) is 1.90. The van der Waals surface area contributed by atoms with Gasteiger partial charge in [-0.15, -0.1) is 0 Å². The molecule has 0 saturated carbocycles. The van der Waals surface area contributed by atoms with E-state index in [-0.39, 0.29) is 24.0 Å². The van der Waals surface area contributed by atoms with Crippen molar-refractivity contribution < 1.29 is 28.8 Å². The first kappa shape index (κ1) is 20.9. The first-order valence-electron chi connectivity index (χ1n) is 7.35. The van der Waals surface area contributed by atoms with Gasteiger partial charge in [-0.25, -0.2) is 0 Å². The molecule has 2 aromatic rings. The van der Waals surface area contributed by atoms with Gasteiger partial charge >= 0.3 is 11.9 Å². The Hall–Kier alpha value is -3.12. The molecule has 2 aromatic heterocycles. The van der Waals surface area contributed by atoms with Crippen LogP contribution in [-0.2, 0) is 22.4 Å². The predicted molar refractivity (Wildman–Crippen MR) is 86.8 cm³/mol. The van der Waals surface area contributed by atoms with Crippen molar-refractivity contribution in [2.24, 2.45) is 11.5 Å². The maximum Gasteiger partial charge on any atom is 0.320 e. The molecule has 144 valence electrons. The number of hydrogen-bond donors (Lipinski definition) is 6. The van der Waals surface area contributed by atoms with Crippen LogP contribution in [0.3, 0.4) is 0 Å². The minimum Gasteiger partial charge on any atom is -0.480 e. The number of H-pyrrole nitrogens is 2. The van der Waals surface area contributed by atoms with Crippen LogP contribution in [0.1, 0.15) is 22.6 Å². The normalized spacial score (nSPS) is 12.8. The van der Waals surface area contributed by atoms with Crippen molar-refractivity contribution in [3.8, 4) is 0 Å². The molecule has 0 saturated heterocycles. The molecule has 0 aromatic carbocycles. The molecule has 0 spiro atoms. The van der Waals surface area contributed by atoms with Crippen molar-refractivity contribution in [3.63, 3.8) is 0 Å². The summed E-state index contributed by atoms with van der Waals surface area (Å²) in [7, 11) is 0. The highest BCUT2D eigenvalue weighted by Gasteiger charge is 2.18. The average molecular weight is 372 g/mol. The third-order valence-electron chi connectivity index (χ3n) is 3.47. The number of carboxylic acid groups (broad SMARTS) is 2. The number of aryl methyl sites for hydroxylation is 2. The van der Waals surface area contributed by atoms with Gasteiger partial charge in [0.05, 0.1) is 11.1 Å². The Morgan fingerprint density at radius 3 is 1.38 bits per heavy atom. The van der Waals surface area contributed by atoms with Crippen molar-refractivity contribution in [3.05, 3.63) is 43.4 Å². The summed E-state index contributed by atoms with van der Waals surface area (Å²) in [6.07, 6.45) is -0.0417. The monoisotopic (exact) mass is 372 g/mol. The van der Waals surface area contributed by atoms with Crippen molar-refractivity contribution in [1.29, 1.82) is 0 Å². The molecule has 0 fully saturated rings. The first-order valence-corrected chi connectivity index (χ1v) is 7.35. The number of nitrogens with two attached hydrogens (primary N) is 2. The molecule has 2 rings (SSSR count). The lowest BCUT2D eigenvalue weighted by Gasteiger charge is -2.02. The van der Waals surface area contributed by atoms with Crippen LogP contribution in [0.15, 0.2) is 18.6 Å². The zero-order valence-electron chi connectivity index (χ0n) is 14.1. The third kappa shape index (κ3) is 5.46. The van der Waals surface area contributed by atoms with E-state index >= 15 is 0 Å². The van der Waals surface area contributed by atoms with Crippen molar-refractivity contribution in [1.82, 2.24) is 10.3 Å². The SMILES string of the molecule is Cc1o[nH]c(=O)c1C[C@H](N)C(=O)O.Cc1o[nH]c(=O)c1C[C@H](N)C(=O)O. The maximum absolute atomic E-state index is 11.0. The molecule has 12 heteroatoms. The molecule has 12 nitrogen and oxygen atoms in total. The van der Waals surface area contributed by atoms with Gasteiger partial charge in [-0.3, -0.25) is 19.2 Å². The lowest BCUT2D eigenvalue weighted by molar-refractivity contribution is -0.139. The molecule has 0 radical (unpaired) electrons. The number of carbonyl (C=O) groups is 2. The van der Waals surface area contributed by atoms with Crippen LogP contribution in [0.5, 0.6) is 0 Å². The van der Waals surface area contributed by atoms with E-state index in [1.165, 1.54) is 0 Å². The van der Waals surface area contributed by atoms with Crippen LogP contribution >= 0.6 is 0 Å². The molecule has 0 aliphatic carbocycles. The quantitative estimate of drug-likeness (QED) is 0.343. The van der Waals surface area contributed by atoms with Crippen molar-refractivity contribution >= 4 is 11.9 Å². The minimum atomic E-state index is -1.14. The van der Waals surface area contributed by atoms with Gasteiger partial charge in [0.15, 0.2) is 0 Å². The number of aliphatic carboxylic acids is 2. The summed E-state index contributed by atoms with van der Waals surface area (Å²) in [5.41, 5.74) is 10.2. The lowest BCUT2D eigenvalue weighted by atomic mass is 10.1. The largest absolute Gasteiger partial charge is 0.480 e. The van der Waals surface area contributed by atoms with Gasteiger partial charge in [0.25, 0.3) is 11.1 Å². The molecule has 2 atom stereocenters. The molecule has 2 heterocycles. The summed E-state index contributed by atoms with van der Waals surface area (Å²) in [6, 6.07) is -2.14. The topological polar surface area (TPSA) is 219 Å². The van der Waals surface area contributed by atoms with Gasteiger partial charge in [0.2, 0.25) is 0 Å². The maximum atomic E-state index is 11.0. The second-order valence-corrected chi connectivity index (χ2v) is 5.43. The van der Waals surface area contributed by atoms with E-state index in [2.05, 4.69) is 19.4 Å². The van der Waals surface area contributed by atoms with Crippen LogP contribution in [0, 0.1) is 13.8 Å². The summed E-state index contributed by atoms with van der Waals surface area (Å²) >= 11 is 0. The number of carboxylic acids is 2. The van der Waals surface area contributed by atoms with E-state index in [4.69, 9.17) is 21.7 Å². The third-order valence-corrected chi connectivity index (χ3v) is 3.47. The summed E-state index contributed by atoms with van der Waals surface area (Å²) in [6.45, 7) is 3.14. The van der Waals surface area contributed by atoms with Gasteiger partial charge in [0.1, 0.15) is 23.6 Å². The van der Waals surface area contributed by atoms with Crippen LogP contribution in [0.25, 0.3) is 0 Å². The Morgan fingerprint density at radius 1 is 0.885 bits per heavy atom. The fourth-order valence-corrected chi connectivity index (χ4v) is 1.90. The Balaban J connectivity index is 0.000000260. The molecule has 0 unspecified atom stereocenters. The van der Waals surface area contributed by atoms with Gasteiger partial charge < -0.3 is 30.7 Å². The number of rotatable bonds is 6. The molecule has 8 N–H and O–H groups in total. The summed E-state index contributed by atoms with van der Waals surface area (Å²) in [5.74, 6) is -1.52. The predicted octanol–water partition coefficient (Wildman–Crippen LogP) is -1.54.